The zero-order valence-corrected chi connectivity index (χ0v) is 10.0. The monoisotopic (exact) mass is 284 g/mol. The minimum atomic E-state index is -5.65. The fourth-order valence-corrected chi connectivity index (χ4v) is 1.36. The van der Waals surface area contributed by atoms with Gasteiger partial charge in [0.25, 0.3) is 0 Å². The molecular weight excluding hydrogens is 271 g/mol. The number of hydrogen-bond acceptors (Lipinski definition) is 3. The Bertz CT molecular complexity index is 405. The molecule has 108 valence electrons. The zero-order valence-electron chi connectivity index (χ0n) is 10.0. The van der Waals surface area contributed by atoms with E-state index in [1.807, 2.05) is 0 Å². The molecule has 0 aromatic carbocycles. The van der Waals surface area contributed by atoms with E-state index in [0.29, 0.717) is 5.69 Å². The van der Waals surface area contributed by atoms with Crippen LogP contribution in [-0.4, -0.2) is 23.2 Å². The molecule has 1 heterocycles. The molecule has 1 aromatic heterocycles. The van der Waals surface area contributed by atoms with Gasteiger partial charge in [-0.15, -0.1) is 0 Å². The molecule has 0 saturated heterocycles. The summed E-state index contributed by atoms with van der Waals surface area (Å²) < 4.78 is 67.6. The summed E-state index contributed by atoms with van der Waals surface area (Å²) >= 11 is 0. The summed E-state index contributed by atoms with van der Waals surface area (Å²) in [4.78, 5) is 3.75. The molecule has 0 amide bonds. The van der Waals surface area contributed by atoms with Crippen molar-refractivity contribution in [2.45, 2.75) is 38.1 Å². The maximum Gasteiger partial charge on any atom is 0.457 e. The van der Waals surface area contributed by atoms with E-state index < -0.39 is 24.6 Å². The predicted octanol–water partition coefficient (Wildman–Crippen LogP) is 2.90. The Morgan fingerprint density at radius 1 is 1.26 bits per heavy atom. The van der Waals surface area contributed by atoms with E-state index in [4.69, 9.17) is 5.73 Å². The average Bonchev–Trinajstić information content (AvgIpc) is 2.35. The summed E-state index contributed by atoms with van der Waals surface area (Å²) in [6.07, 6.45) is -7.38. The van der Waals surface area contributed by atoms with Gasteiger partial charge in [-0.1, -0.05) is 6.92 Å². The lowest BCUT2D eigenvalue weighted by atomic mass is 10.1. The third-order valence-corrected chi connectivity index (χ3v) is 2.44. The number of hydrogen-bond donors (Lipinski definition) is 1. The second-order valence-electron chi connectivity index (χ2n) is 3.82. The topological polar surface area (TPSA) is 48.1 Å². The number of rotatable bonds is 5. The van der Waals surface area contributed by atoms with Gasteiger partial charge in [0.2, 0.25) is 0 Å². The van der Waals surface area contributed by atoms with E-state index in [-0.39, 0.29) is 12.3 Å². The van der Waals surface area contributed by atoms with Crippen LogP contribution in [0.1, 0.15) is 19.0 Å². The molecule has 2 N–H and O–H groups in total. The van der Waals surface area contributed by atoms with Crippen molar-refractivity contribution in [1.29, 1.82) is 0 Å². The molecule has 19 heavy (non-hydrogen) atoms. The Morgan fingerprint density at radius 2 is 1.89 bits per heavy atom. The maximum absolute atomic E-state index is 13.1. The number of nitrogens with two attached hydrogens (primary N) is 1. The number of halogens is 5. The molecule has 0 bridgehead atoms. The molecule has 3 nitrogen and oxygen atoms in total. The molecule has 1 unspecified atom stereocenters. The van der Waals surface area contributed by atoms with Gasteiger partial charge in [0.1, 0.15) is 5.75 Å². The van der Waals surface area contributed by atoms with Crippen molar-refractivity contribution >= 4 is 0 Å². The van der Waals surface area contributed by atoms with Crippen molar-refractivity contribution in [2.75, 3.05) is 0 Å². The lowest BCUT2D eigenvalue weighted by Crippen LogP contribution is -2.49. The first-order chi connectivity index (χ1) is 8.72. The van der Waals surface area contributed by atoms with Crippen molar-refractivity contribution in [2.24, 2.45) is 5.73 Å². The van der Waals surface area contributed by atoms with E-state index >= 15 is 0 Å². The standard InChI is InChI=1S/C11H13F5N2O/c1-2-9(10(12,13)11(14,15)16)19-8-4-3-7(5-17)18-6-8/h3-4,6,9H,2,5,17H2,1H3. The van der Waals surface area contributed by atoms with Gasteiger partial charge in [0.15, 0.2) is 6.10 Å². The Kier molecular flexibility index (Phi) is 4.67. The van der Waals surface area contributed by atoms with Crippen LogP contribution in [0.25, 0.3) is 0 Å². The van der Waals surface area contributed by atoms with Gasteiger partial charge in [-0.3, -0.25) is 4.98 Å². The van der Waals surface area contributed by atoms with Crippen molar-refractivity contribution in [1.82, 2.24) is 4.98 Å². The first-order valence-corrected chi connectivity index (χ1v) is 5.48. The van der Waals surface area contributed by atoms with Crippen molar-refractivity contribution < 1.29 is 26.7 Å². The molecule has 0 aliphatic rings. The molecule has 0 aliphatic carbocycles. The first-order valence-electron chi connectivity index (χ1n) is 5.48. The normalized spacial score (nSPS) is 14.3. The van der Waals surface area contributed by atoms with Crippen molar-refractivity contribution in [3.63, 3.8) is 0 Å². The summed E-state index contributed by atoms with van der Waals surface area (Å²) in [5.74, 6) is -5.08. The van der Waals surface area contributed by atoms with E-state index in [1.54, 1.807) is 0 Å². The second kappa shape index (κ2) is 5.68. The molecule has 0 radical (unpaired) electrons. The summed E-state index contributed by atoms with van der Waals surface area (Å²) in [5.41, 5.74) is 5.76. The van der Waals surface area contributed by atoms with E-state index in [2.05, 4.69) is 9.72 Å². The molecular formula is C11H13F5N2O. The van der Waals surface area contributed by atoms with Crippen molar-refractivity contribution in [3.8, 4) is 5.75 Å². The third-order valence-electron chi connectivity index (χ3n) is 2.44. The quantitative estimate of drug-likeness (QED) is 0.846. The Balaban J connectivity index is 2.87. The zero-order chi connectivity index (χ0) is 14.7. The minimum absolute atomic E-state index is 0.135. The third kappa shape index (κ3) is 3.52. The summed E-state index contributed by atoms with van der Waals surface area (Å²) in [5, 5.41) is 0. The number of pyridine rings is 1. The highest BCUT2D eigenvalue weighted by Gasteiger charge is 2.63. The van der Waals surface area contributed by atoms with Crippen LogP contribution >= 0.6 is 0 Å². The van der Waals surface area contributed by atoms with Gasteiger partial charge in [-0.05, 0) is 18.6 Å². The number of ether oxygens (including phenoxy) is 1. The van der Waals surface area contributed by atoms with Crippen LogP contribution in [0.3, 0.4) is 0 Å². The Hall–Kier alpha value is -1.44. The van der Waals surface area contributed by atoms with E-state index in [1.165, 1.54) is 19.1 Å². The Labute approximate surface area is 106 Å². The molecule has 0 fully saturated rings. The van der Waals surface area contributed by atoms with Crippen molar-refractivity contribution in [3.05, 3.63) is 24.0 Å². The van der Waals surface area contributed by atoms with E-state index in [9.17, 15) is 22.0 Å². The summed E-state index contributed by atoms with van der Waals surface area (Å²) in [6, 6.07) is 2.65. The van der Waals surface area contributed by atoms with Gasteiger partial charge in [-0.25, -0.2) is 0 Å². The van der Waals surface area contributed by atoms with Gasteiger partial charge < -0.3 is 10.5 Å². The smallest absolute Gasteiger partial charge is 0.457 e. The summed E-state index contributed by atoms with van der Waals surface area (Å²) in [7, 11) is 0. The minimum Gasteiger partial charge on any atom is -0.482 e. The lowest BCUT2D eigenvalue weighted by molar-refractivity contribution is -0.309. The highest BCUT2D eigenvalue weighted by Crippen LogP contribution is 2.40. The Morgan fingerprint density at radius 3 is 2.26 bits per heavy atom. The highest BCUT2D eigenvalue weighted by molar-refractivity contribution is 5.20. The first kappa shape index (κ1) is 15.6. The number of aromatic nitrogens is 1. The van der Waals surface area contributed by atoms with Crippen LogP contribution in [0, 0.1) is 0 Å². The van der Waals surface area contributed by atoms with Crippen LogP contribution < -0.4 is 10.5 Å². The van der Waals surface area contributed by atoms with E-state index in [0.717, 1.165) is 6.20 Å². The maximum atomic E-state index is 13.1. The summed E-state index contributed by atoms with van der Waals surface area (Å²) in [6.45, 7) is 1.32. The average molecular weight is 284 g/mol. The SMILES string of the molecule is CCC(Oc1ccc(CN)nc1)C(F)(F)C(F)(F)F. The molecule has 1 rings (SSSR count). The number of alkyl halides is 5. The molecule has 0 saturated carbocycles. The van der Waals surface area contributed by atoms with Gasteiger partial charge in [0.05, 0.1) is 11.9 Å². The molecule has 0 aliphatic heterocycles. The van der Waals surface area contributed by atoms with Crippen LogP contribution in [0.5, 0.6) is 5.75 Å². The molecule has 0 spiro atoms. The lowest BCUT2D eigenvalue weighted by Gasteiger charge is -2.28. The predicted molar refractivity (Wildman–Crippen MR) is 57.8 cm³/mol. The van der Waals surface area contributed by atoms with Crippen LogP contribution in [0.2, 0.25) is 0 Å². The fourth-order valence-electron chi connectivity index (χ4n) is 1.36. The molecule has 1 aromatic rings. The molecule has 1 atom stereocenters. The van der Waals surface area contributed by atoms with Crippen LogP contribution in [-0.2, 0) is 6.54 Å². The second-order valence-corrected chi connectivity index (χ2v) is 3.82. The van der Waals surface area contributed by atoms with Gasteiger partial charge >= 0.3 is 12.1 Å². The van der Waals surface area contributed by atoms with Crippen LogP contribution in [0.4, 0.5) is 22.0 Å². The number of nitrogens with zero attached hydrogens (tertiary/aromatic N) is 1. The molecule has 8 heteroatoms. The largest absolute Gasteiger partial charge is 0.482 e. The fraction of sp³-hybridized carbons (Fsp3) is 0.545. The highest BCUT2D eigenvalue weighted by atomic mass is 19.4. The van der Waals surface area contributed by atoms with Gasteiger partial charge in [0, 0.05) is 6.54 Å². The van der Waals surface area contributed by atoms with Gasteiger partial charge in [-0.2, -0.15) is 22.0 Å². The van der Waals surface area contributed by atoms with Crippen LogP contribution in [0.15, 0.2) is 18.3 Å².